The van der Waals surface area contributed by atoms with E-state index in [2.05, 4.69) is 39.7 Å². The lowest BCUT2D eigenvalue weighted by molar-refractivity contribution is 0.417. The van der Waals surface area contributed by atoms with Crippen molar-refractivity contribution in [1.29, 1.82) is 0 Å². The Morgan fingerprint density at radius 2 is 1.77 bits per heavy atom. The van der Waals surface area contributed by atoms with Gasteiger partial charge < -0.3 is 15.4 Å². The molecule has 134 valence electrons. The maximum absolute atomic E-state index is 6.09. The van der Waals surface area contributed by atoms with Crippen molar-refractivity contribution in [2.75, 3.05) is 17.7 Å². The molecule has 5 nitrogen and oxygen atoms in total. The summed E-state index contributed by atoms with van der Waals surface area (Å²) >= 11 is 6.09. The monoisotopic (exact) mass is 368 g/mol. The van der Waals surface area contributed by atoms with Crippen molar-refractivity contribution < 1.29 is 4.74 Å². The Morgan fingerprint density at radius 1 is 1.00 bits per heavy atom. The summed E-state index contributed by atoms with van der Waals surface area (Å²) in [5.41, 5.74) is 3.23. The van der Waals surface area contributed by atoms with Gasteiger partial charge in [-0.2, -0.15) is 0 Å². The maximum atomic E-state index is 6.09. The van der Waals surface area contributed by atoms with Gasteiger partial charge in [0.2, 0.25) is 0 Å². The van der Waals surface area contributed by atoms with Crippen molar-refractivity contribution in [3.05, 3.63) is 70.5 Å². The van der Waals surface area contributed by atoms with Crippen LogP contribution in [0.25, 0.3) is 0 Å². The number of rotatable bonds is 6. The van der Waals surface area contributed by atoms with Gasteiger partial charge >= 0.3 is 0 Å². The number of hydrogen-bond acceptors (Lipinski definition) is 5. The van der Waals surface area contributed by atoms with E-state index in [-0.39, 0.29) is 0 Å². The van der Waals surface area contributed by atoms with Crippen LogP contribution in [0.4, 0.5) is 17.3 Å². The van der Waals surface area contributed by atoms with Crippen LogP contribution >= 0.6 is 11.6 Å². The number of aryl methyl sites for hydroxylation is 2. The highest BCUT2D eigenvalue weighted by molar-refractivity contribution is 6.31. The third-order valence-corrected chi connectivity index (χ3v) is 4.22. The van der Waals surface area contributed by atoms with Gasteiger partial charge in [-0.3, -0.25) is 0 Å². The molecule has 1 heterocycles. The molecule has 3 rings (SSSR count). The molecule has 0 saturated heterocycles. The number of anilines is 3. The predicted molar refractivity (Wildman–Crippen MR) is 107 cm³/mol. The summed E-state index contributed by atoms with van der Waals surface area (Å²) in [7, 11) is 1.62. The summed E-state index contributed by atoms with van der Waals surface area (Å²) < 4.78 is 5.37. The Hall–Kier alpha value is -2.79. The zero-order valence-corrected chi connectivity index (χ0v) is 15.8. The molecule has 0 spiro atoms. The van der Waals surface area contributed by atoms with E-state index in [0.717, 1.165) is 11.5 Å². The molecular formula is C20H21ClN4O. The highest BCUT2D eigenvalue weighted by Gasteiger charge is 2.08. The van der Waals surface area contributed by atoms with E-state index >= 15 is 0 Å². The first-order valence-electron chi connectivity index (χ1n) is 8.30. The minimum atomic E-state index is 0.622. The van der Waals surface area contributed by atoms with Crippen LogP contribution in [0.15, 0.2) is 48.5 Å². The number of halogens is 1. The Balaban J connectivity index is 1.80. The minimum Gasteiger partial charge on any atom is -0.495 e. The fraction of sp³-hybridized carbons (Fsp3) is 0.200. The summed E-state index contributed by atoms with van der Waals surface area (Å²) in [6.07, 6.45) is 0. The van der Waals surface area contributed by atoms with Crippen molar-refractivity contribution in [2.45, 2.75) is 20.4 Å². The summed E-state index contributed by atoms with van der Waals surface area (Å²) in [6.45, 7) is 4.66. The van der Waals surface area contributed by atoms with E-state index in [9.17, 15) is 0 Å². The number of benzene rings is 2. The molecule has 26 heavy (non-hydrogen) atoms. The molecule has 0 bridgehead atoms. The molecule has 0 aliphatic heterocycles. The van der Waals surface area contributed by atoms with Crippen LogP contribution in [0.1, 0.15) is 17.0 Å². The van der Waals surface area contributed by atoms with Gasteiger partial charge in [0, 0.05) is 17.6 Å². The molecule has 0 atom stereocenters. The average molecular weight is 369 g/mol. The van der Waals surface area contributed by atoms with Gasteiger partial charge in [0.05, 0.1) is 12.8 Å². The van der Waals surface area contributed by atoms with Gasteiger partial charge in [-0.25, -0.2) is 9.97 Å². The Kier molecular flexibility index (Phi) is 5.58. The summed E-state index contributed by atoms with van der Waals surface area (Å²) in [5.74, 6) is 2.79. The molecular weight excluding hydrogens is 348 g/mol. The lowest BCUT2D eigenvalue weighted by Crippen LogP contribution is -2.06. The first kappa shape index (κ1) is 18.0. The van der Waals surface area contributed by atoms with E-state index in [1.54, 1.807) is 19.2 Å². The second-order valence-electron chi connectivity index (χ2n) is 5.94. The fourth-order valence-electron chi connectivity index (χ4n) is 2.63. The number of hydrogen-bond donors (Lipinski definition) is 2. The third kappa shape index (κ3) is 4.43. The topological polar surface area (TPSA) is 59.1 Å². The smallest absolute Gasteiger partial charge is 0.142 e. The second kappa shape index (κ2) is 8.06. The van der Waals surface area contributed by atoms with E-state index in [4.69, 9.17) is 16.3 Å². The van der Waals surface area contributed by atoms with Crippen LogP contribution in [-0.2, 0) is 6.54 Å². The zero-order chi connectivity index (χ0) is 18.5. The van der Waals surface area contributed by atoms with Crippen molar-refractivity contribution in [1.82, 2.24) is 9.97 Å². The molecule has 1 aromatic heterocycles. The highest BCUT2D eigenvalue weighted by Crippen LogP contribution is 2.30. The maximum Gasteiger partial charge on any atom is 0.142 e. The molecule has 6 heteroatoms. The van der Waals surface area contributed by atoms with Gasteiger partial charge in [0.15, 0.2) is 0 Å². The number of nitrogens with zero attached hydrogens (tertiary/aromatic N) is 2. The number of methoxy groups -OCH3 is 1. The van der Waals surface area contributed by atoms with Gasteiger partial charge in [0.1, 0.15) is 23.2 Å². The minimum absolute atomic E-state index is 0.622. The van der Waals surface area contributed by atoms with E-state index in [0.29, 0.717) is 29.0 Å². The Morgan fingerprint density at radius 3 is 2.54 bits per heavy atom. The van der Waals surface area contributed by atoms with Crippen molar-refractivity contribution >= 4 is 28.9 Å². The molecule has 2 aromatic carbocycles. The molecule has 0 radical (unpaired) electrons. The number of aromatic nitrogens is 2. The van der Waals surface area contributed by atoms with Crippen molar-refractivity contribution in [2.24, 2.45) is 0 Å². The van der Waals surface area contributed by atoms with Crippen molar-refractivity contribution in [3.8, 4) is 5.75 Å². The quantitative estimate of drug-likeness (QED) is 0.633. The van der Waals surface area contributed by atoms with Crippen LogP contribution in [0.3, 0.4) is 0 Å². The lowest BCUT2D eigenvalue weighted by atomic mass is 10.1. The summed E-state index contributed by atoms with van der Waals surface area (Å²) in [4.78, 5) is 8.91. The van der Waals surface area contributed by atoms with E-state index in [1.165, 1.54) is 11.1 Å². The molecule has 2 N–H and O–H groups in total. The van der Waals surface area contributed by atoms with Crippen LogP contribution in [0.2, 0.25) is 5.02 Å². The summed E-state index contributed by atoms with van der Waals surface area (Å²) in [6, 6.07) is 15.5. The fourth-order valence-corrected chi connectivity index (χ4v) is 2.80. The second-order valence-corrected chi connectivity index (χ2v) is 6.37. The zero-order valence-electron chi connectivity index (χ0n) is 15.0. The first-order valence-corrected chi connectivity index (χ1v) is 8.67. The van der Waals surface area contributed by atoms with Crippen LogP contribution < -0.4 is 15.4 Å². The van der Waals surface area contributed by atoms with Crippen LogP contribution in [0, 0.1) is 13.8 Å². The van der Waals surface area contributed by atoms with Crippen LogP contribution in [-0.4, -0.2) is 17.1 Å². The SMILES string of the molecule is COc1ccc(Cl)cc1Nc1cc(NCc2ccccc2C)nc(C)n1. The van der Waals surface area contributed by atoms with Crippen LogP contribution in [0.5, 0.6) is 5.75 Å². The molecule has 0 saturated carbocycles. The van der Waals surface area contributed by atoms with E-state index < -0.39 is 0 Å². The Bertz CT molecular complexity index is 914. The van der Waals surface area contributed by atoms with Gasteiger partial charge in [-0.1, -0.05) is 35.9 Å². The Labute approximate surface area is 158 Å². The first-order chi connectivity index (χ1) is 12.5. The van der Waals surface area contributed by atoms with E-state index in [1.807, 2.05) is 31.2 Å². The molecule has 0 fully saturated rings. The number of ether oxygens (including phenoxy) is 1. The predicted octanol–water partition coefficient (Wildman–Crippen LogP) is 5.11. The lowest BCUT2D eigenvalue weighted by Gasteiger charge is -2.13. The molecule has 3 aromatic rings. The highest BCUT2D eigenvalue weighted by atomic mass is 35.5. The molecule has 0 unspecified atom stereocenters. The standard InChI is InChI=1S/C20H21ClN4O/c1-13-6-4-5-7-15(13)12-22-19-11-20(24-14(2)23-19)25-17-10-16(21)8-9-18(17)26-3/h4-11H,12H2,1-3H3,(H2,22,23,24,25). The van der Waals surface area contributed by atoms with Gasteiger partial charge in [-0.05, 0) is 43.2 Å². The van der Waals surface area contributed by atoms with Crippen molar-refractivity contribution in [3.63, 3.8) is 0 Å². The average Bonchev–Trinajstić information content (AvgIpc) is 2.61. The normalized spacial score (nSPS) is 10.5. The van der Waals surface area contributed by atoms with Gasteiger partial charge in [0.25, 0.3) is 0 Å². The molecule has 0 amide bonds. The largest absolute Gasteiger partial charge is 0.495 e. The van der Waals surface area contributed by atoms with Gasteiger partial charge in [-0.15, -0.1) is 0 Å². The third-order valence-electron chi connectivity index (χ3n) is 3.98. The molecule has 0 aliphatic carbocycles. The molecule has 0 aliphatic rings. The summed E-state index contributed by atoms with van der Waals surface area (Å²) in [5, 5.41) is 7.24. The number of nitrogens with one attached hydrogen (secondary N) is 2.